The van der Waals surface area contributed by atoms with Crippen molar-refractivity contribution in [2.24, 2.45) is 5.73 Å². The van der Waals surface area contributed by atoms with Crippen LogP contribution in [-0.2, 0) is 16.6 Å². The van der Waals surface area contributed by atoms with Crippen LogP contribution in [0.1, 0.15) is 73.9 Å². The van der Waals surface area contributed by atoms with Crippen molar-refractivity contribution in [3.63, 3.8) is 0 Å². The standard InChI is InChI=1S/C27H36N4O3S2/c1-4-36(33,34)30-9-7-20(8-10-30)24-14-29-26-22(24)12-21(13-23(26)27(28)32)25-11-19(16-35-25)15-31-17(2)5-6-18(31)3/h11-14,16-18,20,29H,4-10,15H2,1-3H3,(H2,28,32)/t17-,18?/m1/s1. The molecule has 2 aromatic heterocycles. The largest absolute Gasteiger partial charge is 0.366 e. The first kappa shape index (κ1) is 25.4. The van der Waals surface area contributed by atoms with Gasteiger partial charge in [0, 0.05) is 48.2 Å². The summed E-state index contributed by atoms with van der Waals surface area (Å²) >= 11 is 1.70. The number of hydrogen-bond acceptors (Lipinski definition) is 5. The molecule has 0 bridgehead atoms. The van der Waals surface area contributed by atoms with Crippen LogP contribution in [0, 0.1) is 0 Å². The van der Waals surface area contributed by atoms with Crippen LogP contribution < -0.4 is 5.73 Å². The summed E-state index contributed by atoms with van der Waals surface area (Å²) in [6, 6.07) is 7.51. The van der Waals surface area contributed by atoms with Crippen LogP contribution in [-0.4, -0.2) is 59.4 Å². The molecule has 2 fully saturated rings. The topological polar surface area (TPSA) is 99.5 Å². The van der Waals surface area contributed by atoms with Gasteiger partial charge < -0.3 is 10.7 Å². The van der Waals surface area contributed by atoms with Crippen molar-refractivity contribution in [1.82, 2.24) is 14.2 Å². The van der Waals surface area contributed by atoms with Crippen LogP contribution in [0.25, 0.3) is 21.3 Å². The van der Waals surface area contributed by atoms with E-state index in [9.17, 15) is 13.2 Å². The highest BCUT2D eigenvalue weighted by atomic mass is 32.2. The number of nitrogens with zero attached hydrogens (tertiary/aromatic N) is 2. The van der Waals surface area contributed by atoms with E-state index in [1.807, 2.05) is 12.3 Å². The molecule has 5 rings (SSSR count). The van der Waals surface area contributed by atoms with Crippen molar-refractivity contribution in [3.8, 4) is 10.4 Å². The minimum Gasteiger partial charge on any atom is -0.366 e. The number of carbonyl (C=O) groups excluding carboxylic acids is 1. The van der Waals surface area contributed by atoms with Crippen molar-refractivity contribution < 1.29 is 13.2 Å². The Morgan fingerprint density at radius 3 is 2.44 bits per heavy atom. The van der Waals surface area contributed by atoms with Gasteiger partial charge in [-0.3, -0.25) is 9.69 Å². The van der Waals surface area contributed by atoms with Gasteiger partial charge in [-0.05, 0) is 92.6 Å². The molecule has 4 heterocycles. The van der Waals surface area contributed by atoms with E-state index in [0.29, 0.717) is 30.7 Å². The number of H-pyrrole nitrogens is 1. The Labute approximate surface area is 217 Å². The zero-order valence-corrected chi connectivity index (χ0v) is 22.9. The van der Waals surface area contributed by atoms with Crippen molar-refractivity contribution in [1.29, 1.82) is 0 Å². The number of amides is 1. The zero-order valence-electron chi connectivity index (χ0n) is 21.3. The summed E-state index contributed by atoms with van der Waals surface area (Å²) in [6.45, 7) is 8.29. The molecule has 194 valence electrons. The maximum Gasteiger partial charge on any atom is 0.250 e. The third-order valence-corrected chi connectivity index (χ3v) is 11.1. The quantitative estimate of drug-likeness (QED) is 0.456. The van der Waals surface area contributed by atoms with E-state index >= 15 is 0 Å². The summed E-state index contributed by atoms with van der Waals surface area (Å²) in [5, 5.41) is 3.23. The number of fused-ring (bicyclic) bond motifs is 1. The fraction of sp³-hybridized carbons (Fsp3) is 0.519. The molecule has 1 unspecified atom stereocenters. The predicted octanol–water partition coefficient (Wildman–Crippen LogP) is 4.90. The van der Waals surface area contributed by atoms with Gasteiger partial charge in [0.15, 0.2) is 0 Å². The number of primary amides is 1. The van der Waals surface area contributed by atoms with E-state index in [1.165, 1.54) is 18.4 Å². The van der Waals surface area contributed by atoms with Crippen LogP contribution in [0.4, 0.5) is 0 Å². The summed E-state index contributed by atoms with van der Waals surface area (Å²) < 4.78 is 26.2. The maximum atomic E-state index is 12.4. The van der Waals surface area contributed by atoms with Crippen molar-refractivity contribution in [2.75, 3.05) is 18.8 Å². The summed E-state index contributed by atoms with van der Waals surface area (Å²) in [5.74, 6) is -0.0836. The summed E-state index contributed by atoms with van der Waals surface area (Å²) in [4.78, 5) is 19.4. The first-order valence-corrected chi connectivity index (χ1v) is 15.4. The number of aromatic nitrogens is 1. The molecular weight excluding hydrogens is 492 g/mol. The van der Waals surface area contributed by atoms with Crippen molar-refractivity contribution in [2.45, 2.75) is 71.0 Å². The second-order valence-electron chi connectivity index (χ2n) is 10.4. The molecule has 2 atom stereocenters. The maximum absolute atomic E-state index is 12.4. The number of thiophene rings is 1. The fourth-order valence-corrected chi connectivity index (χ4v) is 7.96. The van der Waals surface area contributed by atoms with E-state index in [1.54, 1.807) is 22.6 Å². The van der Waals surface area contributed by atoms with Crippen molar-refractivity contribution in [3.05, 3.63) is 46.5 Å². The molecule has 36 heavy (non-hydrogen) atoms. The van der Waals surface area contributed by atoms with Gasteiger partial charge >= 0.3 is 0 Å². The highest BCUT2D eigenvalue weighted by Gasteiger charge is 2.30. The van der Waals surface area contributed by atoms with E-state index in [2.05, 4.69) is 41.2 Å². The molecule has 2 aliphatic heterocycles. The number of benzene rings is 1. The minimum absolute atomic E-state index is 0.133. The van der Waals surface area contributed by atoms with Gasteiger partial charge in [0.1, 0.15) is 0 Å². The van der Waals surface area contributed by atoms with Gasteiger partial charge in [-0.15, -0.1) is 11.3 Å². The third kappa shape index (κ3) is 4.74. The molecule has 0 radical (unpaired) electrons. The van der Waals surface area contributed by atoms with Gasteiger partial charge in [0.2, 0.25) is 10.0 Å². The van der Waals surface area contributed by atoms with Crippen LogP contribution in [0.15, 0.2) is 29.8 Å². The molecule has 7 nitrogen and oxygen atoms in total. The number of piperidine rings is 1. The van der Waals surface area contributed by atoms with Gasteiger partial charge in [0.25, 0.3) is 5.91 Å². The van der Waals surface area contributed by atoms with Crippen molar-refractivity contribution >= 4 is 38.2 Å². The van der Waals surface area contributed by atoms with Gasteiger partial charge in [-0.2, -0.15) is 0 Å². The van der Waals surface area contributed by atoms with E-state index in [0.717, 1.165) is 46.3 Å². The number of hydrogen-bond donors (Lipinski definition) is 2. The number of likely N-dealkylation sites (tertiary alicyclic amines) is 1. The molecule has 2 aliphatic rings. The Kier molecular flexibility index (Phi) is 7.02. The number of aromatic amines is 1. The van der Waals surface area contributed by atoms with E-state index in [4.69, 9.17) is 5.73 Å². The normalized spacial score (nSPS) is 22.5. The molecule has 3 N–H and O–H groups in total. The first-order chi connectivity index (χ1) is 17.2. The average molecular weight is 529 g/mol. The second kappa shape index (κ2) is 9.93. The fourth-order valence-electron chi connectivity index (χ4n) is 5.94. The lowest BCUT2D eigenvalue weighted by atomic mass is 9.89. The number of nitrogens with two attached hydrogens (primary N) is 1. The Morgan fingerprint density at radius 2 is 1.81 bits per heavy atom. The van der Waals surface area contributed by atoms with Gasteiger partial charge in [0.05, 0.1) is 16.8 Å². The van der Waals surface area contributed by atoms with Gasteiger partial charge in [-0.1, -0.05) is 0 Å². The number of nitrogens with one attached hydrogen (secondary N) is 1. The first-order valence-electron chi connectivity index (χ1n) is 12.9. The highest BCUT2D eigenvalue weighted by molar-refractivity contribution is 7.89. The molecule has 0 aliphatic carbocycles. The lowest BCUT2D eigenvalue weighted by Gasteiger charge is -2.31. The number of carbonyl (C=O) groups is 1. The minimum atomic E-state index is -3.17. The molecule has 0 spiro atoms. The van der Waals surface area contributed by atoms with Gasteiger partial charge in [-0.25, -0.2) is 12.7 Å². The average Bonchev–Trinajstić information content (AvgIpc) is 3.59. The summed E-state index contributed by atoms with van der Waals surface area (Å²) in [7, 11) is -3.17. The lowest BCUT2D eigenvalue weighted by Crippen LogP contribution is -2.38. The molecule has 9 heteroatoms. The molecule has 1 aromatic carbocycles. The smallest absolute Gasteiger partial charge is 0.250 e. The van der Waals surface area contributed by atoms with E-state index < -0.39 is 15.9 Å². The molecule has 1 amide bonds. The summed E-state index contributed by atoms with van der Waals surface area (Å²) in [5.41, 5.74) is 10.5. The number of rotatable bonds is 7. The van der Waals surface area contributed by atoms with E-state index in [-0.39, 0.29) is 11.7 Å². The lowest BCUT2D eigenvalue weighted by molar-refractivity contribution is 0.100. The number of sulfonamides is 1. The van der Waals surface area contributed by atoms with Crippen LogP contribution >= 0.6 is 11.3 Å². The Morgan fingerprint density at radius 1 is 1.11 bits per heavy atom. The zero-order chi connectivity index (χ0) is 25.6. The monoisotopic (exact) mass is 528 g/mol. The third-order valence-electron chi connectivity index (χ3n) is 8.18. The molecular formula is C27H36N4O3S2. The Balaban J connectivity index is 1.45. The van der Waals surface area contributed by atoms with Crippen LogP contribution in [0.2, 0.25) is 0 Å². The molecule has 2 saturated heterocycles. The Bertz CT molecular complexity index is 1360. The SMILES string of the molecule is CCS(=O)(=O)N1CCC(c2c[nH]c3c(C(N)=O)cc(-c4cc(CN5C(C)CC[C@H]5C)cs4)cc23)CC1. The highest BCUT2D eigenvalue weighted by Crippen LogP contribution is 2.39. The molecule has 0 saturated carbocycles. The second-order valence-corrected chi connectivity index (χ2v) is 13.6. The van der Waals surface area contributed by atoms with Crippen LogP contribution in [0.3, 0.4) is 0 Å². The Hall–Kier alpha value is -2.20. The predicted molar refractivity (Wildman–Crippen MR) is 147 cm³/mol. The summed E-state index contributed by atoms with van der Waals surface area (Å²) in [6.07, 6.45) is 5.99. The van der Waals surface area contributed by atoms with Crippen LogP contribution in [0.5, 0.6) is 0 Å². The molecule has 3 aromatic rings.